The molecule has 1 unspecified atom stereocenters. The quantitative estimate of drug-likeness (QED) is 0.556. The summed E-state index contributed by atoms with van der Waals surface area (Å²) in [7, 11) is 1.57. The van der Waals surface area contributed by atoms with Gasteiger partial charge in [-0.1, -0.05) is 35.3 Å². The number of rotatable bonds is 6. The molecule has 2 aromatic carbocycles. The van der Waals surface area contributed by atoms with E-state index >= 15 is 0 Å². The van der Waals surface area contributed by atoms with Gasteiger partial charge in [0.2, 0.25) is 5.95 Å². The number of carbonyl (C=O) groups is 1. The van der Waals surface area contributed by atoms with Gasteiger partial charge in [0.25, 0.3) is 0 Å². The molecule has 7 nitrogen and oxygen atoms in total. The smallest absolute Gasteiger partial charge is 0.226 e. The van der Waals surface area contributed by atoms with Crippen LogP contribution in [0.2, 0.25) is 10.0 Å². The maximum Gasteiger partial charge on any atom is 0.226 e. The largest absolute Gasteiger partial charge is 0.493 e. The van der Waals surface area contributed by atoms with Crippen molar-refractivity contribution in [1.29, 1.82) is 0 Å². The van der Waals surface area contributed by atoms with E-state index in [4.69, 9.17) is 32.7 Å². The molecular formula is C22H20Cl2N4O3. The summed E-state index contributed by atoms with van der Waals surface area (Å²) in [4.78, 5) is 16.7. The summed E-state index contributed by atoms with van der Waals surface area (Å²) in [6, 6.07) is 10.5. The molecule has 0 saturated carbocycles. The number of halogens is 2. The summed E-state index contributed by atoms with van der Waals surface area (Å²) >= 11 is 12.1. The molecule has 160 valence electrons. The molecule has 0 amide bonds. The molecule has 9 heteroatoms. The number of ether oxygens (including phenoxy) is 2. The minimum absolute atomic E-state index is 0.0462. The van der Waals surface area contributed by atoms with Crippen molar-refractivity contribution in [1.82, 2.24) is 14.8 Å². The van der Waals surface area contributed by atoms with Gasteiger partial charge in [0.15, 0.2) is 17.3 Å². The van der Waals surface area contributed by atoms with Crippen LogP contribution in [-0.4, -0.2) is 27.7 Å². The van der Waals surface area contributed by atoms with Crippen LogP contribution >= 0.6 is 23.2 Å². The zero-order valence-electron chi connectivity index (χ0n) is 17.1. The molecule has 0 bridgehead atoms. The molecule has 0 fully saturated rings. The lowest BCUT2D eigenvalue weighted by atomic mass is 9.93. The molecule has 31 heavy (non-hydrogen) atoms. The monoisotopic (exact) mass is 458 g/mol. The van der Waals surface area contributed by atoms with Crippen molar-refractivity contribution in [3.63, 3.8) is 0 Å². The number of fused-ring (bicyclic) bond motifs is 1. The van der Waals surface area contributed by atoms with E-state index in [0.29, 0.717) is 39.7 Å². The van der Waals surface area contributed by atoms with Gasteiger partial charge in [-0.05, 0) is 49.2 Å². The average Bonchev–Trinajstić information content (AvgIpc) is 3.21. The van der Waals surface area contributed by atoms with Crippen LogP contribution in [0.25, 0.3) is 0 Å². The maximum absolute atomic E-state index is 12.4. The van der Waals surface area contributed by atoms with Crippen LogP contribution < -0.4 is 14.8 Å². The lowest BCUT2D eigenvalue weighted by Crippen LogP contribution is -2.27. The Labute approximate surface area is 189 Å². The number of benzene rings is 2. The summed E-state index contributed by atoms with van der Waals surface area (Å²) in [6.07, 6.45) is 1.46. The van der Waals surface area contributed by atoms with E-state index in [1.54, 1.807) is 30.8 Å². The van der Waals surface area contributed by atoms with Gasteiger partial charge >= 0.3 is 0 Å². The van der Waals surface area contributed by atoms with E-state index in [-0.39, 0.29) is 5.78 Å². The Morgan fingerprint density at radius 3 is 2.68 bits per heavy atom. The van der Waals surface area contributed by atoms with Gasteiger partial charge in [0.1, 0.15) is 19.0 Å². The zero-order chi connectivity index (χ0) is 22.1. The highest BCUT2D eigenvalue weighted by molar-refractivity contribution is 6.42. The van der Waals surface area contributed by atoms with Gasteiger partial charge in [-0.2, -0.15) is 10.1 Å². The molecule has 0 saturated heterocycles. The second-order valence-corrected chi connectivity index (χ2v) is 7.91. The second kappa shape index (κ2) is 8.61. The number of ketones is 1. The van der Waals surface area contributed by atoms with Crippen molar-refractivity contribution >= 4 is 34.9 Å². The van der Waals surface area contributed by atoms with Gasteiger partial charge in [-0.25, -0.2) is 4.68 Å². The first kappa shape index (κ1) is 21.2. The number of aromatic nitrogens is 3. The Bertz CT molecular complexity index is 1190. The number of allylic oxidation sites excluding steroid dienone is 2. The molecular weight excluding hydrogens is 439 g/mol. The number of carbonyl (C=O) groups excluding carboxylic acids is 1. The van der Waals surface area contributed by atoms with Gasteiger partial charge in [-0.3, -0.25) is 4.79 Å². The predicted octanol–water partition coefficient (Wildman–Crippen LogP) is 5.05. The van der Waals surface area contributed by atoms with Crippen molar-refractivity contribution in [3.05, 3.63) is 75.2 Å². The Hall–Kier alpha value is -3.03. The van der Waals surface area contributed by atoms with Crippen LogP contribution in [0.4, 0.5) is 5.95 Å². The standard InChI is InChI=1S/C22H20Cl2N4O3/c1-12-20(13(2)29)21(28-22(27-12)25-11-26-28)15-5-7-18(19(9-15)30-3)31-10-14-4-6-16(23)17(24)8-14/h4-9,11,21H,10H2,1-3H3,(H,25,26,27). The first-order valence-electron chi connectivity index (χ1n) is 9.52. The second-order valence-electron chi connectivity index (χ2n) is 7.10. The van der Waals surface area contributed by atoms with E-state index in [1.165, 1.54) is 6.33 Å². The summed E-state index contributed by atoms with van der Waals surface area (Å²) < 4.78 is 13.2. The van der Waals surface area contributed by atoms with E-state index in [0.717, 1.165) is 16.8 Å². The van der Waals surface area contributed by atoms with Crippen molar-refractivity contribution < 1.29 is 14.3 Å². The molecule has 1 aliphatic heterocycles. The van der Waals surface area contributed by atoms with Crippen LogP contribution in [0.5, 0.6) is 11.5 Å². The van der Waals surface area contributed by atoms with Gasteiger partial charge in [0.05, 0.1) is 17.2 Å². The van der Waals surface area contributed by atoms with E-state index in [1.807, 2.05) is 31.2 Å². The number of nitrogens with zero attached hydrogens (tertiary/aromatic N) is 3. The fraction of sp³-hybridized carbons (Fsp3) is 0.227. The molecule has 1 N–H and O–H groups in total. The molecule has 0 spiro atoms. The highest BCUT2D eigenvalue weighted by atomic mass is 35.5. The van der Waals surface area contributed by atoms with Crippen LogP contribution in [0, 0.1) is 0 Å². The molecule has 1 aliphatic rings. The Morgan fingerprint density at radius 2 is 1.97 bits per heavy atom. The van der Waals surface area contributed by atoms with Gasteiger partial charge in [-0.15, -0.1) is 0 Å². The maximum atomic E-state index is 12.4. The highest BCUT2D eigenvalue weighted by Gasteiger charge is 2.32. The third-order valence-electron chi connectivity index (χ3n) is 5.06. The van der Waals surface area contributed by atoms with Crippen molar-refractivity contribution in [2.75, 3.05) is 12.4 Å². The van der Waals surface area contributed by atoms with E-state index < -0.39 is 6.04 Å². The number of nitrogens with one attached hydrogen (secondary N) is 1. The number of anilines is 1. The van der Waals surface area contributed by atoms with E-state index in [2.05, 4.69) is 15.4 Å². The number of methoxy groups -OCH3 is 1. The Morgan fingerprint density at radius 1 is 1.16 bits per heavy atom. The highest BCUT2D eigenvalue weighted by Crippen LogP contribution is 2.39. The third kappa shape index (κ3) is 4.11. The Kier molecular flexibility index (Phi) is 5.89. The summed E-state index contributed by atoms with van der Waals surface area (Å²) in [5.74, 6) is 1.63. The van der Waals surface area contributed by atoms with Crippen LogP contribution in [0.1, 0.15) is 31.0 Å². The number of hydrogen-bond acceptors (Lipinski definition) is 6. The lowest BCUT2D eigenvalue weighted by molar-refractivity contribution is -0.114. The fourth-order valence-corrected chi connectivity index (χ4v) is 3.94. The van der Waals surface area contributed by atoms with Crippen molar-refractivity contribution in [2.45, 2.75) is 26.5 Å². The number of hydrogen-bond donors (Lipinski definition) is 1. The van der Waals surface area contributed by atoms with Crippen LogP contribution in [0.3, 0.4) is 0 Å². The van der Waals surface area contributed by atoms with Crippen LogP contribution in [-0.2, 0) is 11.4 Å². The fourth-order valence-electron chi connectivity index (χ4n) is 3.62. The van der Waals surface area contributed by atoms with Gasteiger partial charge < -0.3 is 14.8 Å². The van der Waals surface area contributed by atoms with E-state index in [9.17, 15) is 4.79 Å². The molecule has 0 aliphatic carbocycles. The summed E-state index contributed by atoms with van der Waals surface area (Å²) in [6.45, 7) is 3.69. The minimum atomic E-state index is -0.422. The topological polar surface area (TPSA) is 78.3 Å². The Balaban J connectivity index is 1.66. The SMILES string of the molecule is COc1cc(C2C(C(C)=O)=C(C)Nc3ncnn32)ccc1OCc1ccc(Cl)c(Cl)c1. The van der Waals surface area contributed by atoms with Crippen molar-refractivity contribution in [3.8, 4) is 11.5 Å². The first-order chi connectivity index (χ1) is 14.9. The van der Waals surface area contributed by atoms with Gasteiger partial charge in [0, 0.05) is 11.3 Å². The van der Waals surface area contributed by atoms with Crippen molar-refractivity contribution in [2.24, 2.45) is 0 Å². The average molecular weight is 459 g/mol. The minimum Gasteiger partial charge on any atom is -0.493 e. The molecule has 4 rings (SSSR count). The van der Waals surface area contributed by atoms with Crippen LogP contribution in [0.15, 0.2) is 54.0 Å². The molecule has 0 radical (unpaired) electrons. The lowest BCUT2D eigenvalue weighted by Gasteiger charge is -2.28. The number of Topliss-reactive ketones (excluding diaryl/α,β-unsaturated/α-hetero) is 1. The molecule has 3 aromatic rings. The first-order valence-corrected chi connectivity index (χ1v) is 10.3. The summed E-state index contributed by atoms with van der Waals surface area (Å²) in [5.41, 5.74) is 3.07. The normalized spacial score (nSPS) is 15.3. The predicted molar refractivity (Wildman–Crippen MR) is 119 cm³/mol. The molecule has 1 aromatic heterocycles. The third-order valence-corrected chi connectivity index (χ3v) is 5.79. The summed E-state index contributed by atoms with van der Waals surface area (Å²) in [5, 5.41) is 8.41. The molecule has 2 heterocycles. The zero-order valence-corrected chi connectivity index (χ0v) is 18.7. The molecule has 1 atom stereocenters.